The van der Waals surface area contributed by atoms with Gasteiger partial charge in [-0.15, -0.1) is 0 Å². The first-order valence-corrected chi connectivity index (χ1v) is 8.83. The molecule has 1 aromatic rings. The van der Waals surface area contributed by atoms with Crippen molar-refractivity contribution >= 4 is 5.91 Å². The maximum absolute atomic E-state index is 12.6. The van der Waals surface area contributed by atoms with E-state index in [1.807, 2.05) is 24.3 Å². The molecule has 0 radical (unpaired) electrons. The number of hydrogen-bond donors (Lipinski definition) is 1. The number of rotatable bonds is 8. The minimum atomic E-state index is -0.0830. The van der Waals surface area contributed by atoms with Gasteiger partial charge in [-0.05, 0) is 37.8 Å². The smallest absolute Gasteiger partial charge is 0.255 e. The molecule has 132 valence electrons. The van der Waals surface area contributed by atoms with E-state index < -0.39 is 0 Å². The number of ether oxygens (including phenoxy) is 3. The van der Waals surface area contributed by atoms with E-state index in [9.17, 15) is 4.79 Å². The summed E-state index contributed by atoms with van der Waals surface area (Å²) in [5.74, 6) is 0.542. The highest BCUT2D eigenvalue weighted by Gasteiger charge is 2.37. The molecular weight excluding hydrogens is 306 g/mol. The molecule has 1 atom stereocenters. The SMILES string of the molecule is COCC1(CNC(=O)c2ccccc2OCC2CCCO2)CCC1. The van der Waals surface area contributed by atoms with E-state index in [4.69, 9.17) is 14.2 Å². The second kappa shape index (κ2) is 7.99. The summed E-state index contributed by atoms with van der Waals surface area (Å²) in [7, 11) is 1.72. The van der Waals surface area contributed by atoms with Crippen LogP contribution >= 0.6 is 0 Å². The molecule has 1 saturated heterocycles. The summed E-state index contributed by atoms with van der Waals surface area (Å²) in [6, 6.07) is 7.41. The molecule has 1 N–H and O–H groups in total. The Bertz CT molecular complexity index is 550. The van der Waals surface area contributed by atoms with Crippen molar-refractivity contribution in [2.45, 2.75) is 38.2 Å². The Morgan fingerprint density at radius 3 is 2.83 bits per heavy atom. The second-order valence-corrected chi connectivity index (χ2v) is 6.91. The van der Waals surface area contributed by atoms with Crippen molar-refractivity contribution in [1.29, 1.82) is 0 Å². The van der Waals surface area contributed by atoms with Crippen molar-refractivity contribution in [3.63, 3.8) is 0 Å². The Hall–Kier alpha value is -1.59. The third-order valence-electron chi connectivity index (χ3n) is 5.07. The molecule has 2 fully saturated rings. The van der Waals surface area contributed by atoms with Crippen molar-refractivity contribution in [3.05, 3.63) is 29.8 Å². The predicted octanol–water partition coefficient (Wildman–Crippen LogP) is 2.79. The van der Waals surface area contributed by atoms with E-state index in [2.05, 4.69) is 5.32 Å². The summed E-state index contributed by atoms with van der Waals surface area (Å²) in [4.78, 5) is 12.6. The highest BCUT2D eigenvalue weighted by molar-refractivity contribution is 5.96. The van der Waals surface area contributed by atoms with Crippen molar-refractivity contribution in [2.75, 3.05) is 33.5 Å². The lowest BCUT2D eigenvalue weighted by Crippen LogP contribution is -2.45. The molecule has 3 rings (SSSR count). The van der Waals surface area contributed by atoms with Crippen molar-refractivity contribution in [2.24, 2.45) is 5.41 Å². The van der Waals surface area contributed by atoms with Gasteiger partial charge in [-0.25, -0.2) is 0 Å². The van der Waals surface area contributed by atoms with Gasteiger partial charge in [0.2, 0.25) is 0 Å². The molecule has 2 aliphatic rings. The van der Waals surface area contributed by atoms with Crippen LogP contribution < -0.4 is 10.1 Å². The van der Waals surface area contributed by atoms with Crippen molar-refractivity contribution in [1.82, 2.24) is 5.32 Å². The number of methoxy groups -OCH3 is 1. The van der Waals surface area contributed by atoms with Gasteiger partial charge in [0.15, 0.2) is 0 Å². The molecule has 5 heteroatoms. The van der Waals surface area contributed by atoms with Crippen molar-refractivity contribution in [3.8, 4) is 5.75 Å². The summed E-state index contributed by atoms with van der Waals surface area (Å²) in [6.45, 7) is 2.65. The van der Waals surface area contributed by atoms with Crippen LogP contribution in [0.5, 0.6) is 5.75 Å². The third kappa shape index (κ3) is 4.08. The maximum atomic E-state index is 12.6. The fraction of sp³-hybridized carbons (Fsp3) is 0.632. The molecule has 1 heterocycles. The lowest BCUT2D eigenvalue weighted by Gasteiger charge is -2.41. The van der Waals surface area contributed by atoms with Gasteiger partial charge in [0.05, 0.1) is 18.3 Å². The molecule has 1 aliphatic carbocycles. The minimum absolute atomic E-state index is 0.0830. The fourth-order valence-electron chi connectivity index (χ4n) is 3.46. The molecule has 1 unspecified atom stereocenters. The standard InChI is InChI=1S/C19H27NO4/c1-22-14-19(9-5-10-19)13-20-18(21)16-7-2-3-8-17(16)24-12-15-6-4-11-23-15/h2-3,7-8,15H,4-6,9-14H2,1H3,(H,20,21). The highest BCUT2D eigenvalue weighted by atomic mass is 16.5. The Kier molecular flexibility index (Phi) is 5.74. The average Bonchev–Trinajstić information content (AvgIpc) is 3.09. The van der Waals surface area contributed by atoms with Gasteiger partial charge >= 0.3 is 0 Å². The van der Waals surface area contributed by atoms with Crippen LogP contribution in [0.2, 0.25) is 0 Å². The predicted molar refractivity (Wildman–Crippen MR) is 91.4 cm³/mol. The molecule has 24 heavy (non-hydrogen) atoms. The molecule has 5 nitrogen and oxygen atoms in total. The molecule has 0 bridgehead atoms. The first kappa shape index (κ1) is 17.2. The van der Waals surface area contributed by atoms with Crippen LogP contribution in [0.25, 0.3) is 0 Å². The number of hydrogen-bond acceptors (Lipinski definition) is 4. The fourth-order valence-corrected chi connectivity index (χ4v) is 3.46. The molecule has 1 aliphatic heterocycles. The first-order chi connectivity index (χ1) is 11.7. The Morgan fingerprint density at radius 1 is 1.33 bits per heavy atom. The summed E-state index contributed by atoms with van der Waals surface area (Å²) in [6.07, 6.45) is 5.67. The lowest BCUT2D eigenvalue weighted by molar-refractivity contribution is 0.0179. The average molecular weight is 333 g/mol. The summed E-state index contributed by atoms with van der Waals surface area (Å²) in [5.41, 5.74) is 0.695. The van der Waals surface area contributed by atoms with Crippen LogP contribution in [-0.2, 0) is 9.47 Å². The Balaban J connectivity index is 1.57. The Morgan fingerprint density at radius 2 is 2.17 bits per heavy atom. The lowest BCUT2D eigenvalue weighted by atomic mass is 9.69. The number of benzene rings is 1. The highest BCUT2D eigenvalue weighted by Crippen LogP contribution is 2.40. The quantitative estimate of drug-likeness (QED) is 0.795. The Labute approximate surface area is 143 Å². The topological polar surface area (TPSA) is 56.8 Å². The third-order valence-corrected chi connectivity index (χ3v) is 5.07. The van der Waals surface area contributed by atoms with Gasteiger partial charge in [0.25, 0.3) is 5.91 Å². The van der Waals surface area contributed by atoms with Crippen LogP contribution in [0.4, 0.5) is 0 Å². The van der Waals surface area contributed by atoms with Crippen LogP contribution in [0, 0.1) is 5.41 Å². The van der Waals surface area contributed by atoms with Gasteiger partial charge in [-0.3, -0.25) is 4.79 Å². The zero-order valence-corrected chi connectivity index (χ0v) is 14.4. The van der Waals surface area contributed by atoms with E-state index in [1.54, 1.807) is 7.11 Å². The largest absolute Gasteiger partial charge is 0.490 e. The molecule has 1 saturated carbocycles. The maximum Gasteiger partial charge on any atom is 0.255 e. The number of carbonyl (C=O) groups is 1. The van der Waals surface area contributed by atoms with Gasteiger partial charge in [0, 0.05) is 25.7 Å². The van der Waals surface area contributed by atoms with Gasteiger partial charge in [-0.1, -0.05) is 18.6 Å². The van der Waals surface area contributed by atoms with E-state index in [0.29, 0.717) is 31.1 Å². The number of para-hydroxylation sites is 1. The molecular formula is C19H27NO4. The monoisotopic (exact) mass is 333 g/mol. The normalized spacial score (nSPS) is 22.0. The molecule has 1 aromatic carbocycles. The van der Waals surface area contributed by atoms with Gasteiger partial charge in [0.1, 0.15) is 12.4 Å². The number of amides is 1. The summed E-state index contributed by atoms with van der Waals surface area (Å²) < 4.78 is 16.7. The molecule has 0 aromatic heterocycles. The zero-order valence-electron chi connectivity index (χ0n) is 14.4. The van der Waals surface area contributed by atoms with E-state index in [-0.39, 0.29) is 17.4 Å². The van der Waals surface area contributed by atoms with Gasteiger partial charge in [-0.2, -0.15) is 0 Å². The van der Waals surface area contributed by atoms with Crippen LogP contribution in [-0.4, -0.2) is 45.5 Å². The van der Waals surface area contributed by atoms with Crippen molar-refractivity contribution < 1.29 is 19.0 Å². The summed E-state index contributed by atoms with van der Waals surface area (Å²) >= 11 is 0. The molecule has 1 amide bonds. The minimum Gasteiger partial charge on any atom is -0.490 e. The van der Waals surface area contributed by atoms with Crippen LogP contribution in [0.15, 0.2) is 24.3 Å². The van der Waals surface area contributed by atoms with E-state index in [1.165, 1.54) is 6.42 Å². The van der Waals surface area contributed by atoms with Gasteiger partial charge < -0.3 is 19.5 Å². The molecule has 0 spiro atoms. The van der Waals surface area contributed by atoms with Crippen LogP contribution in [0.1, 0.15) is 42.5 Å². The second-order valence-electron chi connectivity index (χ2n) is 6.91. The number of carbonyl (C=O) groups excluding carboxylic acids is 1. The zero-order chi connectivity index (χ0) is 16.8. The van der Waals surface area contributed by atoms with Crippen LogP contribution in [0.3, 0.4) is 0 Å². The first-order valence-electron chi connectivity index (χ1n) is 8.83. The van der Waals surface area contributed by atoms with E-state index >= 15 is 0 Å². The number of nitrogens with one attached hydrogen (secondary N) is 1. The summed E-state index contributed by atoms with van der Waals surface area (Å²) in [5, 5.41) is 3.06. The van der Waals surface area contributed by atoms with E-state index in [0.717, 1.165) is 32.3 Å².